The smallest absolute Gasteiger partial charge is 0.279 e. The standard InChI is InChI=1S/C30H27N5O6/c36-29-20-3-9-25(27(15-20)35(37)38)26-11-12-31-30(34-26)33-23-6-10-28(41-17-19-2-1-13-39-16-19)21(14-23)18-40-24-7-4-22(32-29)5-8-24/h3-12,14-15,19H,1-2,13,16-18H2,(H,32,36)(H,31,33,34). The molecule has 0 aliphatic carbocycles. The van der Waals surface area contributed by atoms with Crippen LogP contribution in [0.2, 0.25) is 0 Å². The molecular formula is C30H27N5O6. The molecule has 4 aliphatic rings. The van der Waals surface area contributed by atoms with E-state index in [-0.39, 0.29) is 29.4 Å². The highest BCUT2D eigenvalue weighted by Gasteiger charge is 2.21. The van der Waals surface area contributed by atoms with Crippen molar-refractivity contribution in [1.29, 1.82) is 0 Å². The summed E-state index contributed by atoms with van der Waals surface area (Å²) in [6, 6.07) is 18.4. The first-order valence-electron chi connectivity index (χ1n) is 13.3. The molecule has 8 bridgehead atoms. The van der Waals surface area contributed by atoms with Crippen LogP contribution in [0, 0.1) is 16.0 Å². The molecule has 11 heteroatoms. The largest absolute Gasteiger partial charge is 0.493 e. The van der Waals surface area contributed by atoms with Gasteiger partial charge in [-0.1, -0.05) is 0 Å². The maximum absolute atomic E-state index is 12.9. The number of nitro benzene ring substituents is 1. The van der Waals surface area contributed by atoms with Gasteiger partial charge in [0.1, 0.15) is 18.1 Å². The van der Waals surface area contributed by atoms with Crippen LogP contribution in [-0.4, -0.2) is 40.6 Å². The number of hydrogen-bond donors (Lipinski definition) is 2. The molecule has 4 aliphatic heterocycles. The number of carbonyl (C=O) groups excluding carboxylic acids is 1. The Morgan fingerprint density at radius 1 is 1.02 bits per heavy atom. The summed E-state index contributed by atoms with van der Waals surface area (Å²) in [7, 11) is 0. The van der Waals surface area contributed by atoms with E-state index < -0.39 is 10.8 Å². The molecule has 11 nitrogen and oxygen atoms in total. The Hall–Kier alpha value is -5.03. The van der Waals surface area contributed by atoms with Crippen LogP contribution in [0.15, 0.2) is 72.9 Å². The quantitative estimate of drug-likeness (QED) is 0.239. The van der Waals surface area contributed by atoms with Crippen molar-refractivity contribution in [3.8, 4) is 22.8 Å². The summed E-state index contributed by atoms with van der Waals surface area (Å²) in [4.78, 5) is 33.1. The average Bonchev–Trinajstić information content (AvgIpc) is 3.00. The predicted octanol–water partition coefficient (Wildman–Crippen LogP) is 5.75. The number of ether oxygens (including phenoxy) is 3. The van der Waals surface area contributed by atoms with Crippen molar-refractivity contribution in [3.05, 3.63) is 94.2 Å². The number of benzene rings is 3. The minimum Gasteiger partial charge on any atom is -0.493 e. The number of rotatable bonds is 4. The summed E-state index contributed by atoms with van der Waals surface area (Å²) < 4.78 is 17.9. The zero-order valence-corrected chi connectivity index (χ0v) is 22.0. The lowest BCUT2D eigenvalue weighted by Gasteiger charge is -2.23. The highest BCUT2D eigenvalue weighted by molar-refractivity contribution is 6.05. The lowest BCUT2D eigenvalue weighted by molar-refractivity contribution is -0.384. The summed E-state index contributed by atoms with van der Waals surface area (Å²) in [5, 5.41) is 17.9. The SMILES string of the molecule is O=C1Nc2ccc(cc2)OCc2cc(ccc2OCC2CCCOC2)Nc2nccc(n2)-c2ccc1cc2[N+](=O)[O-]. The molecule has 0 saturated carbocycles. The normalized spacial score (nSPS) is 16.4. The number of fused-ring (bicyclic) bond motifs is 2. The number of nitro groups is 1. The van der Waals surface area contributed by atoms with E-state index in [1.165, 1.54) is 24.4 Å². The van der Waals surface area contributed by atoms with Gasteiger partial charge < -0.3 is 24.8 Å². The van der Waals surface area contributed by atoms with E-state index in [9.17, 15) is 14.9 Å². The van der Waals surface area contributed by atoms with Crippen LogP contribution in [0.25, 0.3) is 11.3 Å². The van der Waals surface area contributed by atoms with Gasteiger partial charge in [-0.2, -0.15) is 0 Å². The lowest BCUT2D eigenvalue weighted by Crippen LogP contribution is -2.23. The van der Waals surface area contributed by atoms with Crippen LogP contribution in [0.5, 0.6) is 11.5 Å². The van der Waals surface area contributed by atoms with E-state index in [1.807, 2.05) is 18.2 Å². The third-order valence-corrected chi connectivity index (χ3v) is 6.94. The fourth-order valence-corrected chi connectivity index (χ4v) is 4.79. The fraction of sp³-hybridized carbons (Fsp3) is 0.233. The average molecular weight is 554 g/mol. The molecule has 1 fully saturated rings. The van der Waals surface area contributed by atoms with Gasteiger partial charge in [0.05, 0.1) is 29.4 Å². The number of nitrogens with one attached hydrogen (secondary N) is 2. The van der Waals surface area contributed by atoms with Crippen LogP contribution < -0.4 is 20.1 Å². The van der Waals surface area contributed by atoms with Crippen LogP contribution >= 0.6 is 0 Å². The van der Waals surface area contributed by atoms with Gasteiger partial charge in [0.15, 0.2) is 0 Å². The molecule has 3 aromatic carbocycles. The minimum absolute atomic E-state index is 0.148. The third-order valence-electron chi connectivity index (χ3n) is 6.94. The van der Waals surface area contributed by atoms with Crippen LogP contribution in [0.4, 0.5) is 23.0 Å². The van der Waals surface area contributed by atoms with Gasteiger partial charge in [-0.25, -0.2) is 9.97 Å². The van der Waals surface area contributed by atoms with Gasteiger partial charge in [0.25, 0.3) is 11.6 Å². The second-order valence-corrected chi connectivity index (χ2v) is 9.86. The van der Waals surface area contributed by atoms with Gasteiger partial charge in [0, 0.05) is 47.3 Å². The second-order valence-electron chi connectivity index (χ2n) is 9.86. The third kappa shape index (κ3) is 6.10. The molecule has 8 rings (SSSR count). The molecule has 41 heavy (non-hydrogen) atoms. The zero-order chi connectivity index (χ0) is 28.2. The first kappa shape index (κ1) is 26.2. The van der Waals surface area contributed by atoms with Gasteiger partial charge in [-0.15, -0.1) is 0 Å². The molecule has 1 saturated heterocycles. The lowest BCUT2D eigenvalue weighted by atomic mass is 10.0. The molecule has 2 N–H and O–H groups in total. The minimum atomic E-state index is -0.527. The van der Waals surface area contributed by atoms with Crippen molar-refractivity contribution in [2.45, 2.75) is 19.4 Å². The molecule has 4 aromatic rings. The first-order valence-corrected chi connectivity index (χ1v) is 13.3. The highest BCUT2D eigenvalue weighted by atomic mass is 16.6. The van der Waals surface area contributed by atoms with E-state index in [2.05, 4.69) is 20.6 Å². The van der Waals surface area contributed by atoms with Gasteiger partial charge in [-0.05, 0) is 73.5 Å². The molecule has 1 atom stereocenters. The molecular weight excluding hydrogens is 526 g/mol. The number of amides is 1. The Morgan fingerprint density at radius 2 is 1.88 bits per heavy atom. The number of aromatic nitrogens is 2. The Labute approximate surface area is 235 Å². The van der Waals surface area contributed by atoms with Crippen molar-refractivity contribution >= 4 is 28.9 Å². The molecule has 0 radical (unpaired) electrons. The molecule has 1 aromatic heterocycles. The second kappa shape index (κ2) is 11.6. The number of carbonyl (C=O) groups is 1. The van der Waals surface area contributed by atoms with Crippen LogP contribution in [0.1, 0.15) is 28.8 Å². The van der Waals surface area contributed by atoms with E-state index in [1.54, 1.807) is 30.3 Å². The summed E-state index contributed by atoms with van der Waals surface area (Å²) in [5.41, 5.74) is 2.55. The molecule has 1 unspecified atom stereocenters. The number of hydrogen-bond acceptors (Lipinski definition) is 9. The molecule has 1 amide bonds. The zero-order valence-electron chi connectivity index (χ0n) is 22.0. The van der Waals surface area contributed by atoms with Crippen molar-refractivity contribution in [2.24, 2.45) is 5.92 Å². The van der Waals surface area contributed by atoms with E-state index >= 15 is 0 Å². The monoisotopic (exact) mass is 553 g/mol. The Bertz CT molecular complexity index is 1590. The van der Waals surface area contributed by atoms with E-state index in [0.29, 0.717) is 47.7 Å². The number of nitrogens with zero attached hydrogens (tertiary/aromatic N) is 3. The Kier molecular flexibility index (Phi) is 7.42. The van der Waals surface area contributed by atoms with Crippen molar-refractivity contribution in [1.82, 2.24) is 9.97 Å². The maximum Gasteiger partial charge on any atom is 0.279 e. The van der Waals surface area contributed by atoms with E-state index in [0.717, 1.165) is 25.0 Å². The fourth-order valence-electron chi connectivity index (χ4n) is 4.79. The first-order chi connectivity index (χ1) is 20.0. The summed E-state index contributed by atoms with van der Waals surface area (Å²) in [6.07, 6.45) is 3.60. The summed E-state index contributed by atoms with van der Waals surface area (Å²) >= 11 is 0. The van der Waals surface area contributed by atoms with Gasteiger partial charge in [-0.3, -0.25) is 14.9 Å². The summed E-state index contributed by atoms with van der Waals surface area (Å²) in [5.74, 6) is 1.40. The van der Waals surface area contributed by atoms with Gasteiger partial charge >= 0.3 is 0 Å². The Morgan fingerprint density at radius 3 is 2.68 bits per heavy atom. The van der Waals surface area contributed by atoms with Crippen LogP contribution in [0.3, 0.4) is 0 Å². The highest BCUT2D eigenvalue weighted by Crippen LogP contribution is 2.32. The topological polar surface area (TPSA) is 138 Å². The molecule has 0 spiro atoms. The van der Waals surface area contributed by atoms with E-state index in [4.69, 9.17) is 14.2 Å². The maximum atomic E-state index is 12.9. The van der Waals surface area contributed by atoms with Crippen molar-refractivity contribution in [2.75, 3.05) is 30.5 Å². The molecule has 5 heterocycles. The van der Waals surface area contributed by atoms with Gasteiger partial charge in [0.2, 0.25) is 5.95 Å². The molecule has 208 valence electrons. The number of anilines is 3. The predicted molar refractivity (Wildman–Crippen MR) is 152 cm³/mol. The van der Waals surface area contributed by atoms with Crippen molar-refractivity contribution < 1.29 is 23.9 Å². The summed E-state index contributed by atoms with van der Waals surface area (Å²) in [6.45, 7) is 2.24. The van der Waals surface area contributed by atoms with Crippen molar-refractivity contribution in [3.63, 3.8) is 0 Å². The Balaban J connectivity index is 1.37. The van der Waals surface area contributed by atoms with Crippen LogP contribution in [-0.2, 0) is 11.3 Å².